The van der Waals surface area contributed by atoms with E-state index in [0.717, 1.165) is 43.1 Å². The number of aliphatic carboxylic acids is 1. The van der Waals surface area contributed by atoms with E-state index in [1.54, 1.807) is 0 Å². The number of hydrogen-bond acceptors (Lipinski definition) is 3. The van der Waals surface area contributed by atoms with Gasteiger partial charge in [0.15, 0.2) is 0 Å². The number of carbonyl (C=O) groups is 1. The maximum Gasteiger partial charge on any atom is 0.303 e. The fourth-order valence-corrected chi connectivity index (χ4v) is 3.82. The molecular formula is C17H24O3S. The standard InChI is InChI=1S/C17H24O3S/c1-13-8-14(2)10-15(9-13)20-6-3-7-21-12-17(4-5-17)11-16(18)19/h8-10H,3-7,11-12H2,1-2H3,(H,18,19). The van der Waals surface area contributed by atoms with Gasteiger partial charge in [0, 0.05) is 0 Å². The van der Waals surface area contributed by atoms with Crippen LogP contribution in [0.15, 0.2) is 18.2 Å². The summed E-state index contributed by atoms with van der Waals surface area (Å²) in [5, 5.41) is 8.87. The third-order valence-corrected chi connectivity index (χ3v) is 5.18. The molecule has 1 fully saturated rings. The monoisotopic (exact) mass is 308 g/mol. The number of thioether (sulfide) groups is 1. The molecule has 4 heteroatoms. The number of carboxylic acids is 1. The van der Waals surface area contributed by atoms with E-state index in [-0.39, 0.29) is 5.41 Å². The van der Waals surface area contributed by atoms with Crippen LogP contribution in [0, 0.1) is 19.3 Å². The van der Waals surface area contributed by atoms with Crippen molar-refractivity contribution in [1.82, 2.24) is 0 Å². The van der Waals surface area contributed by atoms with Gasteiger partial charge in [-0.2, -0.15) is 11.8 Å². The van der Waals surface area contributed by atoms with Gasteiger partial charge < -0.3 is 9.84 Å². The molecule has 0 saturated heterocycles. The van der Waals surface area contributed by atoms with Crippen molar-refractivity contribution in [3.63, 3.8) is 0 Å². The molecule has 1 aliphatic rings. The van der Waals surface area contributed by atoms with E-state index in [0.29, 0.717) is 6.42 Å². The van der Waals surface area contributed by atoms with Gasteiger partial charge in [-0.05, 0) is 73.3 Å². The minimum absolute atomic E-state index is 0.102. The van der Waals surface area contributed by atoms with Crippen molar-refractivity contribution in [2.75, 3.05) is 18.1 Å². The van der Waals surface area contributed by atoms with Crippen LogP contribution in [0.1, 0.15) is 36.8 Å². The summed E-state index contributed by atoms with van der Waals surface area (Å²) in [6.45, 7) is 4.88. The Balaban J connectivity index is 1.59. The summed E-state index contributed by atoms with van der Waals surface area (Å²) in [4.78, 5) is 10.8. The smallest absolute Gasteiger partial charge is 0.303 e. The molecule has 1 aromatic rings. The molecule has 1 saturated carbocycles. The highest BCUT2D eigenvalue weighted by Crippen LogP contribution is 2.51. The predicted molar refractivity (Wildman–Crippen MR) is 87.3 cm³/mol. The fourth-order valence-electron chi connectivity index (χ4n) is 2.53. The molecule has 0 atom stereocenters. The van der Waals surface area contributed by atoms with Crippen LogP contribution in [0.5, 0.6) is 5.75 Å². The van der Waals surface area contributed by atoms with E-state index in [2.05, 4.69) is 32.0 Å². The van der Waals surface area contributed by atoms with E-state index in [1.807, 2.05) is 11.8 Å². The molecule has 0 bridgehead atoms. The number of carboxylic acid groups (broad SMARTS) is 1. The molecule has 116 valence electrons. The van der Waals surface area contributed by atoms with Crippen LogP contribution in [0.4, 0.5) is 0 Å². The molecule has 3 nitrogen and oxygen atoms in total. The first-order chi connectivity index (χ1) is 9.99. The molecule has 21 heavy (non-hydrogen) atoms. The zero-order valence-corrected chi connectivity index (χ0v) is 13.7. The van der Waals surface area contributed by atoms with Gasteiger partial charge in [0.25, 0.3) is 0 Å². The van der Waals surface area contributed by atoms with E-state index in [1.165, 1.54) is 11.1 Å². The Morgan fingerprint density at radius 1 is 1.29 bits per heavy atom. The van der Waals surface area contributed by atoms with Crippen LogP contribution in [0.3, 0.4) is 0 Å². The van der Waals surface area contributed by atoms with Crippen molar-refractivity contribution >= 4 is 17.7 Å². The Hall–Kier alpha value is -1.16. The highest BCUT2D eigenvalue weighted by molar-refractivity contribution is 7.99. The Bertz CT molecular complexity index is 475. The summed E-state index contributed by atoms with van der Waals surface area (Å²) >= 11 is 1.86. The highest BCUT2D eigenvalue weighted by Gasteiger charge is 2.43. The van der Waals surface area contributed by atoms with E-state index >= 15 is 0 Å². The highest BCUT2D eigenvalue weighted by atomic mass is 32.2. The first-order valence-corrected chi connectivity index (χ1v) is 8.65. The Labute approximate surface area is 131 Å². The molecule has 0 heterocycles. The summed E-state index contributed by atoms with van der Waals surface area (Å²) in [5.74, 6) is 2.29. The van der Waals surface area contributed by atoms with Crippen LogP contribution in [-0.4, -0.2) is 29.2 Å². The molecule has 1 aliphatic carbocycles. The van der Waals surface area contributed by atoms with Gasteiger partial charge in [0.1, 0.15) is 5.75 Å². The second-order valence-electron chi connectivity index (χ2n) is 6.15. The lowest BCUT2D eigenvalue weighted by Crippen LogP contribution is -2.11. The van der Waals surface area contributed by atoms with Crippen molar-refractivity contribution in [1.29, 1.82) is 0 Å². The molecular weight excluding hydrogens is 284 g/mol. The number of aryl methyl sites for hydroxylation is 2. The Morgan fingerprint density at radius 2 is 1.95 bits per heavy atom. The van der Waals surface area contributed by atoms with Gasteiger partial charge in [-0.3, -0.25) is 4.79 Å². The predicted octanol–water partition coefficient (Wildman–Crippen LogP) is 4.06. The molecule has 0 unspecified atom stereocenters. The lowest BCUT2D eigenvalue weighted by Gasteiger charge is -2.12. The summed E-state index contributed by atoms with van der Waals surface area (Å²) in [5.41, 5.74) is 2.55. The molecule has 1 aromatic carbocycles. The zero-order valence-electron chi connectivity index (χ0n) is 12.9. The second kappa shape index (κ2) is 7.21. The number of hydrogen-bond donors (Lipinski definition) is 1. The molecule has 0 aromatic heterocycles. The molecule has 2 rings (SSSR count). The lowest BCUT2D eigenvalue weighted by atomic mass is 10.1. The lowest BCUT2D eigenvalue weighted by molar-refractivity contribution is -0.138. The fraction of sp³-hybridized carbons (Fsp3) is 0.588. The Kier molecular flexibility index (Phi) is 5.57. The van der Waals surface area contributed by atoms with E-state index < -0.39 is 5.97 Å². The van der Waals surface area contributed by atoms with Crippen LogP contribution < -0.4 is 4.74 Å². The average molecular weight is 308 g/mol. The number of ether oxygens (including phenoxy) is 1. The minimum Gasteiger partial charge on any atom is -0.494 e. The average Bonchev–Trinajstić information content (AvgIpc) is 3.11. The summed E-state index contributed by atoms with van der Waals surface area (Å²) in [7, 11) is 0. The Morgan fingerprint density at radius 3 is 2.52 bits per heavy atom. The van der Waals surface area contributed by atoms with Crippen LogP contribution in [0.25, 0.3) is 0 Å². The van der Waals surface area contributed by atoms with Gasteiger partial charge in [-0.15, -0.1) is 0 Å². The number of rotatable bonds is 9. The van der Waals surface area contributed by atoms with Gasteiger partial charge in [0.05, 0.1) is 13.0 Å². The normalized spacial score (nSPS) is 15.7. The van der Waals surface area contributed by atoms with Crippen LogP contribution in [-0.2, 0) is 4.79 Å². The van der Waals surface area contributed by atoms with Crippen molar-refractivity contribution in [2.24, 2.45) is 5.41 Å². The first-order valence-electron chi connectivity index (χ1n) is 7.50. The van der Waals surface area contributed by atoms with Gasteiger partial charge >= 0.3 is 5.97 Å². The zero-order chi connectivity index (χ0) is 15.3. The third-order valence-electron chi connectivity index (χ3n) is 3.79. The van der Waals surface area contributed by atoms with E-state index in [4.69, 9.17) is 9.84 Å². The van der Waals surface area contributed by atoms with Crippen molar-refractivity contribution in [2.45, 2.75) is 39.5 Å². The van der Waals surface area contributed by atoms with Gasteiger partial charge in [-0.1, -0.05) is 6.07 Å². The minimum atomic E-state index is -0.661. The van der Waals surface area contributed by atoms with Gasteiger partial charge in [-0.25, -0.2) is 0 Å². The maximum absolute atomic E-state index is 10.8. The van der Waals surface area contributed by atoms with Gasteiger partial charge in [0.2, 0.25) is 0 Å². The molecule has 0 amide bonds. The van der Waals surface area contributed by atoms with Crippen LogP contribution in [0.2, 0.25) is 0 Å². The molecule has 0 spiro atoms. The second-order valence-corrected chi connectivity index (χ2v) is 7.25. The third kappa shape index (κ3) is 5.62. The first kappa shape index (κ1) is 16.2. The summed E-state index contributed by atoms with van der Waals surface area (Å²) in [6, 6.07) is 6.26. The van der Waals surface area contributed by atoms with Crippen molar-refractivity contribution in [3.05, 3.63) is 29.3 Å². The topological polar surface area (TPSA) is 46.5 Å². The molecule has 0 aliphatic heterocycles. The summed E-state index contributed by atoms with van der Waals surface area (Å²) in [6.07, 6.45) is 3.48. The van der Waals surface area contributed by atoms with Crippen molar-refractivity contribution < 1.29 is 14.6 Å². The molecule has 0 radical (unpaired) electrons. The number of benzene rings is 1. The van der Waals surface area contributed by atoms with E-state index in [9.17, 15) is 4.79 Å². The maximum atomic E-state index is 10.8. The van der Waals surface area contributed by atoms with Crippen molar-refractivity contribution in [3.8, 4) is 5.75 Å². The largest absolute Gasteiger partial charge is 0.494 e. The summed E-state index contributed by atoms with van der Waals surface area (Å²) < 4.78 is 5.77. The van der Waals surface area contributed by atoms with Crippen LogP contribution >= 0.6 is 11.8 Å². The quantitative estimate of drug-likeness (QED) is 0.699. The SMILES string of the molecule is Cc1cc(C)cc(OCCCSCC2(CC(=O)O)CC2)c1. The molecule has 1 N–H and O–H groups in total.